The molecule has 0 radical (unpaired) electrons. The number of rotatable bonds is 3. The second kappa shape index (κ2) is 6.74. The van der Waals surface area contributed by atoms with Crippen LogP contribution in [0.25, 0.3) is 0 Å². The molecule has 0 bridgehead atoms. The van der Waals surface area contributed by atoms with Crippen LogP contribution in [0.15, 0.2) is 46.9 Å². The van der Waals surface area contributed by atoms with Gasteiger partial charge in [-0.1, -0.05) is 33.6 Å². The van der Waals surface area contributed by atoms with Crippen molar-refractivity contribution >= 4 is 50.7 Å². The van der Waals surface area contributed by atoms with Gasteiger partial charge in [-0.3, -0.25) is 9.59 Å². The molecule has 0 aliphatic rings. The molecule has 0 unspecified atom stereocenters. The Morgan fingerprint density at radius 2 is 1.86 bits per heavy atom. The molecule has 2 N–H and O–H groups in total. The number of halogens is 2. The van der Waals surface area contributed by atoms with Crippen LogP contribution in [-0.4, -0.2) is 11.8 Å². The molecule has 2 rings (SSSR count). The van der Waals surface area contributed by atoms with E-state index in [0.717, 1.165) is 4.47 Å². The van der Waals surface area contributed by atoms with E-state index >= 15 is 0 Å². The van der Waals surface area contributed by atoms with Gasteiger partial charge >= 0.3 is 0 Å². The van der Waals surface area contributed by atoms with Gasteiger partial charge in [0.2, 0.25) is 5.91 Å². The predicted molar refractivity (Wildman–Crippen MR) is 87.9 cm³/mol. The molecule has 0 saturated carbocycles. The van der Waals surface area contributed by atoms with Gasteiger partial charge in [-0.2, -0.15) is 0 Å². The van der Waals surface area contributed by atoms with Crippen molar-refractivity contribution < 1.29 is 9.59 Å². The van der Waals surface area contributed by atoms with Gasteiger partial charge in [0, 0.05) is 22.6 Å². The zero-order valence-corrected chi connectivity index (χ0v) is 13.5. The monoisotopic (exact) mass is 366 g/mol. The highest BCUT2D eigenvalue weighted by Crippen LogP contribution is 2.26. The first kappa shape index (κ1) is 15.5. The highest BCUT2D eigenvalue weighted by molar-refractivity contribution is 9.10. The van der Waals surface area contributed by atoms with E-state index in [-0.39, 0.29) is 11.8 Å². The first-order chi connectivity index (χ1) is 9.95. The maximum Gasteiger partial charge on any atom is 0.255 e. The Balaban J connectivity index is 2.18. The maximum atomic E-state index is 12.2. The minimum Gasteiger partial charge on any atom is -0.326 e. The van der Waals surface area contributed by atoms with E-state index in [1.165, 1.54) is 6.92 Å². The van der Waals surface area contributed by atoms with Crippen LogP contribution in [0.2, 0.25) is 5.02 Å². The van der Waals surface area contributed by atoms with Crippen LogP contribution >= 0.6 is 27.5 Å². The van der Waals surface area contributed by atoms with E-state index in [0.29, 0.717) is 22.0 Å². The second-order valence-electron chi connectivity index (χ2n) is 4.34. The standard InChI is InChI=1S/C15H12BrClN2O2/c1-9(20)18-12-4-2-3-10(7-12)15(21)19-14-6-5-11(16)8-13(14)17/h2-8H,1H3,(H,18,20)(H,19,21). The molecule has 0 saturated heterocycles. The molecule has 0 spiro atoms. The van der Waals surface area contributed by atoms with Crippen LogP contribution in [0, 0.1) is 0 Å². The van der Waals surface area contributed by atoms with E-state index in [1.807, 2.05) is 0 Å². The van der Waals surface area contributed by atoms with Crippen LogP contribution in [0.4, 0.5) is 11.4 Å². The molecule has 0 aliphatic heterocycles. The van der Waals surface area contributed by atoms with Gasteiger partial charge in [0.15, 0.2) is 0 Å². The van der Waals surface area contributed by atoms with Crippen molar-refractivity contribution in [1.82, 2.24) is 0 Å². The summed E-state index contributed by atoms with van der Waals surface area (Å²) in [6, 6.07) is 11.9. The summed E-state index contributed by atoms with van der Waals surface area (Å²) in [4.78, 5) is 23.2. The minimum absolute atomic E-state index is 0.191. The summed E-state index contributed by atoms with van der Waals surface area (Å²) in [7, 11) is 0. The number of nitrogens with one attached hydrogen (secondary N) is 2. The van der Waals surface area contributed by atoms with Crippen LogP contribution in [0.3, 0.4) is 0 Å². The quantitative estimate of drug-likeness (QED) is 0.849. The Morgan fingerprint density at radius 3 is 2.52 bits per heavy atom. The third kappa shape index (κ3) is 4.31. The number of benzene rings is 2. The van der Waals surface area contributed by atoms with Gasteiger partial charge in [0.25, 0.3) is 5.91 Å². The molecule has 2 amide bonds. The first-order valence-electron chi connectivity index (χ1n) is 6.10. The van der Waals surface area contributed by atoms with Crippen LogP contribution in [0.5, 0.6) is 0 Å². The lowest BCUT2D eigenvalue weighted by Crippen LogP contribution is -2.13. The number of carbonyl (C=O) groups is 2. The van der Waals surface area contributed by atoms with E-state index in [1.54, 1.807) is 42.5 Å². The average Bonchev–Trinajstić information content (AvgIpc) is 2.41. The molecular formula is C15H12BrClN2O2. The number of hydrogen-bond donors (Lipinski definition) is 2. The van der Waals surface area contributed by atoms with Crippen molar-refractivity contribution in [2.75, 3.05) is 10.6 Å². The molecule has 0 heterocycles. The molecule has 4 nitrogen and oxygen atoms in total. The fourth-order valence-electron chi connectivity index (χ4n) is 1.73. The van der Waals surface area contributed by atoms with Crippen LogP contribution in [-0.2, 0) is 4.79 Å². The summed E-state index contributed by atoms with van der Waals surface area (Å²) in [6.45, 7) is 1.41. The van der Waals surface area contributed by atoms with Gasteiger partial charge in [-0.25, -0.2) is 0 Å². The van der Waals surface area contributed by atoms with Crippen molar-refractivity contribution in [3.8, 4) is 0 Å². The third-order valence-electron chi connectivity index (χ3n) is 2.62. The molecule has 0 aliphatic carbocycles. The highest BCUT2D eigenvalue weighted by atomic mass is 79.9. The van der Waals surface area contributed by atoms with Crippen LogP contribution < -0.4 is 10.6 Å². The highest BCUT2D eigenvalue weighted by Gasteiger charge is 2.09. The maximum absolute atomic E-state index is 12.2. The summed E-state index contributed by atoms with van der Waals surface area (Å²) in [6.07, 6.45) is 0. The second-order valence-corrected chi connectivity index (χ2v) is 5.66. The number of carbonyl (C=O) groups excluding carboxylic acids is 2. The first-order valence-corrected chi connectivity index (χ1v) is 7.27. The van der Waals surface area contributed by atoms with Crippen molar-refractivity contribution in [1.29, 1.82) is 0 Å². The van der Waals surface area contributed by atoms with Crippen LogP contribution in [0.1, 0.15) is 17.3 Å². The van der Waals surface area contributed by atoms with Crippen molar-refractivity contribution in [2.45, 2.75) is 6.92 Å². The normalized spacial score (nSPS) is 10.0. The SMILES string of the molecule is CC(=O)Nc1cccc(C(=O)Nc2ccc(Br)cc2Cl)c1. The van der Waals surface area contributed by atoms with Crippen molar-refractivity contribution in [3.63, 3.8) is 0 Å². The van der Waals surface area contributed by atoms with E-state index in [2.05, 4.69) is 26.6 Å². The zero-order chi connectivity index (χ0) is 15.4. The lowest BCUT2D eigenvalue weighted by Gasteiger charge is -2.09. The van der Waals surface area contributed by atoms with Gasteiger partial charge < -0.3 is 10.6 Å². The molecule has 0 fully saturated rings. The van der Waals surface area contributed by atoms with Gasteiger partial charge in [0.05, 0.1) is 10.7 Å². The molecule has 2 aromatic carbocycles. The smallest absolute Gasteiger partial charge is 0.255 e. The summed E-state index contributed by atoms with van der Waals surface area (Å²) >= 11 is 9.36. The fraction of sp³-hybridized carbons (Fsp3) is 0.0667. The fourth-order valence-corrected chi connectivity index (χ4v) is 2.45. The minimum atomic E-state index is -0.300. The van der Waals surface area contributed by atoms with E-state index in [4.69, 9.17) is 11.6 Å². The summed E-state index contributed by atoms with van der Waals surface area (Å²) in [5, 5.41) is 5.80. The van der Waals surface area contributed by atoms with Crippen molar-refractivity contribution in [2.24, 2.45) is 0 Å². The number of amides is 2. The Kier molecular flexibility index (Phi) is 4.98. The Morgan fingerprint density at radius 1 is 1.10 bits per heavy atom. The molecule has 21 heavy (non-hydrogen) atoms. The number of hydrogen-bond acceptors (Lipinski definition) is 2. The molecule has 108 valence electrons. The molecule has 0 aromatic heterocycles. The Bertz CT molecular complexity index is 704. The lowest BCUT2D eigenvalue weighted by molar-refractivity contribution is -0.114. The predicted octanol–water partition coefficient (Wildman–Crippen LogP) is 4.31. The Labute approximate surface area is 135 Å². The molecule has 6 heteroatoms. The van der Waals surface area contributed by atoms with Gasteiger partial charge in [0.1, 0.15) is 0 Å². The van der Waals surface area contributed by atoms with E-state index < -0.39 is 0 Å². The number of anilines is 2. The molecule has 0 atom stereocenters. The lowest BCUT2D eigenvalue weighted by atomic mass is 10.2. The average molecular weight is 368 g/mol. The van der Waals surface area contributed by atoms with Gasteiger partial charge in [-0.05, 0) is 36.4 Å². The topological polar surface area (TPSA) is 58.2 Å². The van der Waals surface area contributed by atoms with E-state index in [9.17, 15) is 9.59 Å². The van der Waals surface area contributed by atoms with Gasteiger partial charge in [-0.15, -0.1) is 0 Å². The zero-order valence-electron chi connectivity index (χ0n) is 11.1. The summed E-state index contributed by atoms with van der Waals surface area (Å²) in [5.41, 5.74) is 1.52. The molecule has 2 aromatic rings. The largest absolute Gasteiger partial charge is 0.326 e. The summed E-state index contributed by atoms with van der Waals surface area (Å²) in [5.74, 6) is -0.491. The third-order valence-corrected chi connectivity index (χ3v) is 3.43. The summed E-state index contributed by atoms with van der Waals surface area (Å²) < 4.78 is 0.832. The Hall–Kier alpha value is -1.85. The van der Waals surface area contributed by atoms with Crippen molar-refractivity contribution in [3.05, 3.63) is 57.5 Å². The molecular weight excluding hydrogens is 356 g/mol.